The second kappa shape index (κ2) is 9.24. The summed E-state index contributed by atoms with van der Waals surface area (Å²) in [6.45, 7) is 1.06. The molecule has 0 unspecified atom stereocenters. The maximum absolute atomic E-state index is 13.2. The van der Waals surface area contributed by atoms with E-state index in [2.05, 4.69) is 16.8 Å². The van der Waals surface area contributed by atoms with Crippen molar-refractivity contribution in [1.29, 1.82) is 0 Å². The summed E-state index contributed by atoms with van der Waals surface area (Å²) in [6.07, 6.45) is 0.691. The van der Waals surface area contributed by atoms with Gasteiger partial charge in [-0.2, -0.15) is 16.4 Å². The summed E-state index contributed by atoms with van der Waals surface area (Å²) >= 11 is 1.67. The topological polar surface area (TPSA) is 45.1 Å². The van der Waals surface area contributed by atoms with E-state index in [1.54, 1.807) is 23.5 Å². The Hall–Kier alpha value is -2.96. The van der Waals surface area contributed by atoms with E-state index < -0.39 is 0 Å². The highest BCUT2D eigenvalue weighted by Gasteiger charge is 2.33. The van der Waals surface area contributed by atoms with Gasteiger partial charge in [-0.15, -0.1) is 0 Å². The third-order valence-corrected chi connectivity index (χ3v) is 5.94. The lowest BCUT2D eigenvalue weighted by Gasteiger charge is -2.24. The highest BCUT2D eigenvalue weighted by atomic mass is 32.1. The average molecular weight is 420 g/mol. The first-order valence-electron chi connectivity index (χ1n) is 9.92. The third-order valence-electron chi connectivity index (χ3n) is 5.21. The summed E-state index contributed by atoms with van der Waals surface area (Å²) in [6, 6.07) is 19.9. The Morgan fingerprint density at radius 1 is 1.17 bits per heavy atom. The number of likely N-dealkylation sites (N-methyl/N-ethyl adjacent to an activating group) is 1. The first-order valence-corrected chi connectivity index (χ1v) is 10.9. The first-order chi connectivity index (χ1) is 14.6. The molecule has 4 rings (SSSR count). The molecular formula is C24H25N3O2S. The van der Waals surface area contributed by atoms with E-state index in [4.69, 9.17) is 9.84 Å². The molecule has 0 spiro atoms. The Morgan fingerprint density at radius 3 is 2.60 bits per heavy atom. The van der Waals surface area contributed by atoms with E-state index in [0.29, 0.717) is 13.0 Å². The molecule has 0 saturated heterocycles. The van der Waals surface area contributed by atoms with Crippen LogP contribution in [0.4, 0.5) is 0 Å². The number of hydrogen-bond acceptors (Lipinski definition) is 5. The smallest absolute Gasteiger partial charge is 0.257 e. The van der Waals surface area contributed by atoms with Crippen molar-refractivity contribution in [2.45, 2.75) is 19.0 Å². The molecule has 154 valence electrons. The zero-order chi connectivity index (χ0) is 20.9. The third kappa shape index (κ3) is 4.61. The quantitative estimate of drug-likeness (QED) is 0.564. The number of methoxy groups -OCH3 is 1. The fourth-order valence-corrected chi connectivity index (χ4v) is 4.34. The number of benzene rings is 2. The SMILES string of the molecule is COc1ccc([C@H]2CC(c3ccccc3)=NN2C(=O)CN(C)Cc2ccsc2)cc1. The van der Waals surface area contributed by atoms with Crippen molar-refractivity contribution in [3.63, 3.8) is 0 Å². The van der Waals surface area contributed by atoms with E-state index in [0.717, 1.165) is 29.1 Å². The van der Waals surface area contributed by atoms with Crippen LogP contribution >= 0.6 is 11.3 Å². The molecule has 0 saturated carbocycles. The zero-order valence-electron chi connectivity index (χ0n) is 17.2. The molecule has 0 radical (unpaired) electrons. The molecule has 0 aliphatic carbocycles. The van der Waals surface area contributed by atoms with Gasteiger partial charge in [-0.05, 0) is 52.7 Å². The Labute approximate surface area is 181 Å². The van der Waals surface area contributed by atoms with Crippen molar-refractivity contribution >= 4 is 23.0 Å². The fraction of sp³-hybridized carbons (Fsp3) is 0.250. The standard InChI is InChI=1S/C24H25N3O2S/c1-26(15-18-12-13-30-17-18)16-24(28)27-23(20-8-10-21(29-2)11-9-20)14-22(25-27)19-6-4-3-5-7-19/h3-13,17,23H,14-16H2,1-2H3/t23-/m1/s1. The van der Waals surface area contributed by atoms with Gasteiger partial charge in [0.2, 0.25) is 0 Å². The highest BCUT2D eigenvalue weighted by Crippen LogP contribution is 2.33. The number of amides is 1. The average Bonchev–Trinajstić information content (AvgIpc) is 3.44. The van der Waals surface area contributed by atoms with Crippen molar-refractivity contribution in [3.8, 4) is 5.75 Å². The number of nitrogens with zero attached hydrogens (tertiary/aromatic N) is 3. The summed E-state index contributed by atoms with van der Waals surface area (Å²) < 4.78 is 5.28. The maximum Gasteiger partial charge on any atom is 0.257 e. The van der Waals surface area contributed by atoms with Crippen molar-refractivity contribution in [1.82, 2.24) is 9.91 Å². The number of hydrazone groups is 1. The number of hydrogen-bond donors (Lipinski definition) is 0. The van der Waals surface area contributed by atoms with Gasteiger partial charge in [0.15, 0.2) is 0 Å². The van der Waals surface area contributed by atoms with Gasteiger partial charge in [0, 0.05) is 13.0 Å². The van der Waals surface area contributed by atoms with Crippen LogP contribution in [0.2, 0.25) is 0 Å². The van der Waals surface area contributed by atoms with Crippen LogP contribution in [0.15, 0.2) is 76.5 Å². The van der Waals surface area contributed by atoms with E-state index >= 15 is 0 Å². The van der Waals surface area contributed by atoms with Crippen LogP contribution in [0.3, 0.4) is 0 Å². The summed E-state index contributed by atoms with van der Waals surface area (Å²) in [7, 11) is 3.62. The van der Waals surface area contributed by atoms with Gasteiger partial charge < -0.3 is 4.74 Å². The number of ether oxygens (including phenoxy) is 1. The van der Waals surface area contributed by atoms with Gasteiger partial charge in [-0.1, -0.05) is 42.5 Å². The molecule has 1 aromatic heterocycles. The predicted molar refractivity (Wildman–Crippen MR) is 121 cm³/mol. The van der Waals surface area contributed by atoms with Gasteiger partial charge in [0.05, 0.1) is 25.4 Å². The van der Waals surface area contributed by atoms with Crippen LogP contribution in [-0.2, 0) is 11.3 Å². The molecule has 2 aromatic carbocycles. The lowest BCUT2D eigenvalue weighted by atomic mass is 9.98. The Bertz CT molecular complexity index is 1000. The van der Waals surface area contributed by atoms with Gasteiger partial charge in [0.25, 0.3) is 5.91 Å². The van der Waals surface area contributed by atoms with Gasteiger partial charge >= 0.3 is 0 Å². The van der Waals surface area contributed by atoms with Crippen LogP contribution in [0.1, 0.15) is 29.2 Å². The van der Waals surface area contributed by atoms with E-state index in [1.807, 2.05) is 66.5 Å². The van der Waals surface area contributed by atoms with E-state index in [-0.39, 0.29) is 11.9 Å². The summed E-state index contributed by atoms with van der Waals surface area (Å²) in [4.78, 5) is 15.3. The molecule has 0 bridgehead atoms. The van der Waals surface area contributed by atoms with Crippen molar-refractivity contribution in [2.24, 2.45) is 5.10 Å². The molecule has 5 nitrogen and oxygen atoms in total. The second-order valence-electron chi connectivity index (χ2n) is 7.45. The molecule has 30 heavy (non-hydrogen) atoms. The molecular weight excluding hydrogens is 394 g/mol. The molecule has 3 aromatic rings. The highest BCUT2D eigenvalue weighted by molar-refractivity contribution is 7.07. The largest absolute Gasteiger partial charge is 0.497 e. The number of thiophene rings is 1. The van der Waals surface area contributed by atoms with Gasteiger partial charge in [0.1, 0.15) is 5.75 Å². The van der Waals surface area contributed by atoms with Crippen LogP contribution in [0.25, 0.3) is 0 Å². The lowest BCUT2D eigenvalue weighted by Crippen LogP contribution is -2.36. The molecule has 6 heteroatoms. The Kier molecular flexibility index (Phi) is 6.26. The van der Waals surface area contributed by atoms with Crippen LogP contribution in [0.5, 0.6) is 5.75 Å². The summed E-state index contributed by atoms with van der Waals surface area (Å²) in [5.41, 5.74) is 4.26. The molecule has 1 amide bonds. The molecule has 2 heterocycles. The lowest BCUT2D eigenvalue weighted by molar-refractivity contribution is -0.134. The van der Waals surface area contributed by atoms with Gasteiger partial charge in [-0.25, -0.2) is 5.01 Å². The van der Waals surface area contributed by atoms with Crippen molar-refractivity contribution in [3.05, 3.63) is 88.1 Å². The minimum Gasteiger partial charge on any atom is -0.497 e. The minimum atomic E-state index is -0.117. The maximum atomic E-state index is 13.2. The Morgan fingerprint density at radius 2 is 1.93 bits per heavy atom. The monoisotopic (exact) mass is 419 g/mol. The van der Waals surface area contributed by atoms with Gasteiger partial charge in [-0.3, -0.25) is 9.69 Å². The zero-order valence-corrected chi connectivity index (χ0v) is 18.0. The summed E-state index contributed by atoms with van der Waals surface area (Å²) in [5.74, 6) is 0.800. The normalized spacial score (nSPS) is 16.0. The van der Waals surface area contributed by atoms with Crippen molar-refractivity contribution in [2.75, 3.05) is 20.7 Å². The van der Waals surface area contributed by atoms with E-state index in [9.17, 15) is 4.79 Å². The predicted octanol–water partition coefficient (Wildman–Crippen LogP) is 4.57. The molecule has 1 atom stereocenters. The molecule has 1 aliphatic heterocycles. The molecule has 0 N–H and O–H groups in total. The number of rotatable bonds is 7. The Balaban J connectivity index is 1.56. The van der Waals surface area contributed by atoms with Crippen LogP contribution in [-0.4, -0.2) is 42.2 Å². The van der Waals surface area contributed by atoms with Crippen LogP contribution in [0, 0.1) is 0 Å². The number of carbonyl (C=O) groups is 1. The minimum absolute atomic E-state index is 0.000483. The number of carbonyl (C=O) groups excluding carboxylic acids is 1. The summed E-state index contributed by atoms with van der Waals surface area (Å²) in [5, 5.41) is 10.6. The first kappa shape index (κ1) is 20.3. The van der Waals surface area contributed by atoms with Crippen molar-refractivity contribution < 1.29 is 9.53 Å². The molecule has 0 fully saturated rings. The molecule has 1 aliphatic rings. The fourth-order valence-electron chi connectivity index (χ4n) is 3.68. The van der Waals surface area contributed by atoms with Crippen LogP contribution < -0.4 is 4.74 Å². The van der Waals surface area contributed by atoms with E-state index in [1.165, 1.54) is 5.56 Å². The second-order valence-corrected chi connectivity index (χ2v) is 8.23.